The summed E-state index contributed by atoms with van der Waals surface area (Å²) in [7, 11) is 0. The summed E-state index contributed by atoms with van der Waals surface area (Å²) in [4.78, 5) is 27.4. The van der Waals surface area contributed by atoms with Crippen molar-refractivity contribution < 1.29 is 19.1 Å². The largest absolute Gasteiger partial charge is 0.494 e. The Labute approximate surface area is 159 Å². The van der Waals surface area contributed by atoms with E-state index >= 15 is 0 Å². The molecule has 7 nitrogen and oxygen atoms in total. The Hall–Kier alpha value is -2.54. The highest BCUT2D eigenvalue weighted by atomic mass is 16.5. The second-order valence-electron chi connectivity index (χ2n) is 6.60. The van der Waals surface area contributed by atoms with Crippen LogP contribution in [0.25, 0.3) is 0 Å². The van der Waals surface area contributed by atoms with Gasteiger partial charge in [0, 0.05) is 17.8 Å². The number of benzene rings is 1. The van der Waals surface area contributed by atoms with Crippen LogP contribution in [0.15, 0.2) is 35.5 Å². The molecule has 2 aliphatic rings. The van der Waals surface area contributed by atoms with Gasteiger partial charge in [0.05, 0.1) is 24.8 Å². The van der Waals surface area contributed by atoms with E-state index in [9.17, 15) is 9.59 Å². The molecule has 2 heterocycles. The van der Waals surface area contributed by atoms with Gasteiger partial charge in [-0.25, -0.2) is 9.59 Å². The van der Waals surface area contributed by atoms with Crippen LogP contribution in [0.5, 0.6) is 5.75 Å². The van der Waals surface area contributed by atoms with Gasteiger partial charge in [0.2, 0.25) is 0 Å². The summed E-state index contributed by atoms with van der Waals surface area (Å²) >= 11 is 0. The van der Waals surface area contributed by atoms with E-state index in [1.165, 1.54) is 0 Å². The Kier molecular flexibility index (Phi) is 6.34. The first kappa shape index (κ1) is 19.2. The Morgan fingerprint density at radius 1 is 1.19 bits per heavy atom. The van der Waals surface area contributed by atoms with Crippen LogP contribution in [0.3, 0.4) is 0 Å². The lowest BCUT2D eigenvalue weighted by molar-refractivity contribution is -0.139. The summed E-state index contributed by atoms with van der Waals surface area (Å²) in [6.45, 7) is 6.89. The third kappa shape index (κ3) is 4.42. The van der Waals surface area contributed by atoms with Crippen LogP contribution in [-0.2, 0) is 9.53 Å². The van der Waals surface area contributed by atoms with E-state index in [-0.39, 0.29) is 12.6 Å². The minimum atomic E-state index is -0.613. The fourth-order valence-electron chi connectivity index (χ4n) is 3.60. The third-order valence-electron chi connectivity index (χ3n) is 4.76. The van der Waals surface area contributed by atoms with Gasteiger partial charge >= 0.3 is 12.0 Å². The highest BCUT2D eigenvalue weighted by Gasteiger charge is 2.35. The van der Waals surface area contributed by atoms with Gasteiger partial charge in [-0.15, -0.1) is 0 Å². The molecule has 0 unspecified atom stereocenters. The van der Waals surface area contributed by atoms with Crippen molar-refractivity contribution in [2.45, 2.75) is 32.7 Å². The Bertz CT molecular complexity index is 726. The summed E-state index contributed by atoms with van der Waals surface area (Å²) in [5.41, 5.74) is 1.79. The summed E-state index contributed by atoms with van der Waals surface area (Å²) < 4.78 is 11.0. The number of amides is 2. The number of hydrogen-bond donors (Lipinski definition) is 2. The molecular formula is C20H27N3O4. The summed E-state index contributed by atoms with van der Waals surface area (Å²) in [5.74, 6) is 0.227. The minimum Gasteiger partial charge on any atom is -0.494 e. The zero-order valence-corrected chi connectivity index (χ0v) is 15.9. The van der Waals surface area contributed by atoms with E-state index in [2.05, 4.69) is 15.5 Å². The molecule has 2 amide bonds. The maximum atomic E-state index is 12.8. The second kappa shape index (κ2) is 8.90. The molecule has 3 rings (SSSR count). The van der Waals surface area contributed by atoms with E-state index in [1.807, 2.05) is 31.2 Å². The number of urea groups is 1. The van der Waals surface area contributed by atoms with E-state index in [1.54, 1.807) is 6.92 Å². The number of para-hydroxylation sites is 1. The molecule has 1 atom stereocenters. The van der Waals surface area contributed by atoms with Crippen molar-refractivity contribution in [1.82, 2.24) is 15.5 Å². The number of likely N-dealkylation sites (tertiary alicyclic amines) is 1. The molecule has 146 valence electrons. The van der Waals surface area contributed by atoms with Gasteiger partial charge in [0.15, 0.2) is 0 Å². The van der Waals surface area contributed by atoms with Crippen LogP contribution in [0.4, 0.5) is 4.79 Å². The van der Waals surface area contributed by atoms with Crippen molar-refractivity contribution in [3.63, 3.8) is 0 Å². The van der Waals surface area contributed by atoms with Crippen LogP contribution < -0.4 is 15.4 Å². The van der Waals surface area contributed by atoms with Crippen molar-refractivity contribution in [3.05, 3.63) is 41.1 Å². The van der Waals surface area contributed by atoms with E-state index < -0.39 is 12.0 Å². The third-order valence-corrected chi connectivity index (χ3v) is 4.76. The molecule has 0 saturated carbocycles. The summed E-state index contributed by atoms with van der Waals surface area (Å²) in [6, 6.07) is 6.52. The standard InChI is InChI=1S/C20H27N3O4/c1-3-26-16-10-6-5-9-14(16)18-17(19(24)27-4-2)15(21-20(25)22-18)13-23-11-7-8-12-23/h5-6,9-10,18H,3-4,7-8,11-13H2,1-2H3,(H2,21,22,25)/t18-/m1/s1. The van der Waals surface area contributed by atoms with Crippen molar-refractivity contribution in [1.29, 1.82) is 0 Å². The quantitative estimate of drug-likeness (QED) is 0.717. The molecule has 1 saturated heterocycles. The van der Waals surface area contributed by atoms with Gasteiger partial charge in [0.1, 0.15) is 5.75 Å². The first-order chi connectivity index (χ1) is 13.1. The number of esters is 1. The van der Waals surface area contributed by atoms with Crippen LogP contribution >= 0.6 is 0 Å². The van der Waals surface area contributed by atoms with Gasteiger partial charge in [-0.3, -0.25) is 4.90 Å². The summed E-state index contributed by atoms with van der Waals surface area (Å²) in [5, 5.41) is 5.70. The average molecular weight is 373 g/mol. The van der Waals surface area contributed by atoms with E-state index in [0.717, 1.165) is 31.5 Å². The summed E-state index contributed by atoms with van der Waals surface area (Å²) in [6.07, 6.45) is 2.26. The lowest BCUT2D eigenvalue weighted by atomic mass is 9.94. The van der Waals surface area contributed by atoms with Crippen LogP contribution in [0.2, 0.25) is 0 Å². The lowest BCUT2D eigenvalue weighted by Crippen LogP contribution is -2.48. The Balaban J connectivity index is 2.03. The van der Waals surface area contributed by atoms with Gasteiger partial charge in [-0.2, -0.15) is 0 Å². The SMILES string of the molecule is CCOC(=O)C1=C(CN2CCCC2)NC(=O)N[C@@H]1c1ccccc1OCC. The van der Waals surface area contributed by atoms with Crippen molar-refractivity contribution >= 4 is 12.0 Å². The number of carbonyl (C=O) groups is 2. The molecule has 0 radical (unpaired) electrons. The van der Waals surface area contributed by atoms with Crippen LogP contribution in [0, 0.1) is 0 Å². The predicted molar refractivity (Wildman–Crippen MR) is 101 cm³/mol. The monoisotopic (exact) mass is 373 g/mol. The number of rotatable bonds is 7. The fraction of sp³-hybridized carbons (Fsp3) is 0.500. The molecule has 0 aliphatic carbocycles. The van der Waals surface area contributed by atoms with E-state index in [0.29, 0.717) is 30.2 Å². The first-order valence-electron chi connectivity index (χ1n) is 9.55. The molecule has 2 N–H and O–H groups in total. The molecule has 1 aromatic carbocycles. The Morgan fingerprint density at radius 2 is 1.93 bits per heavy atom. The smallest absolute Gasteiger partial charge is 0.338 e. The number of carbonyl (C=O) groups excluding carboxylic acids is 2. The van der Waals surface area contributed by atoms with Crippen LogP contribution in [-0.4, -0.2) is 49.7 Å². The topological polar surface area (TPSA) is 79.9 Å². The van der Waals surface area contributed by atoms with Gasteiger partial charge in [-0.05, 0) is 45.8 Å². The molecule has 7 heteroatoms. The molecule has 1 fully saturated rings. The second-order valence-corrected chi connectivity index (χ2v) is 6.60. The molecule has 0 spiro atoms. The maximum absolute atomic E-state index is 12.8. The zero-order chi connectivity index (χ0) is 19.2. The van der Waals surface area contributed by atoms with Gasteiger partial charge in [-0.1, -0.05) is 18.2 Å². The van der Waals surface area contributed by atoms with Crippen LogP contribution in [0.1, 0.15) is 38.3 Å². The Morgan fingerprint density at radius 3 is 2.63 bits per heavy atom. The maximum Gasteiger partial charge on any atom is 0.338 e. The number of nitrogens with zero attached hydrogens (tertiary/aromatic N) is 1. The average Bonchev–Trinajstić information content (AvgIpc) is 3.15. The van der Waals surface area contributed by atoms with Gasteiger partial charge < -0.3 is 20.1 Å². The number of hydrogen-bond acceptors (Lipinski definition) is 5. The molecule has 27 heavy (non-hydrogen) atoms. The molecule has 1 aromatic rings. The molecule has 2 aliphatic heterocycles. The zero-order valence-electron chi connectivity index (χ0n) is 15.9. The molecule has 0 bridgehead atoms. The highest BCUT2D eigenvalue weighted by molar-refractivity contribution is 5.95. The number of ether oxygens (including phenoxy) is 2. The van der Waals surface area contributed by atoms with Crippen molar-refractivity contribution in [3.8, 4) is 5.75 Å². The fourth-order valence-corrected chi connectivity index (χ4v) is 3.60. The lowest BCUT2D eigenvalue weighted by Gasteiger charge is -2.31. The predicted octanol–water partition coefficient (Wildman–Crippen LogP) is 2.35. The normalized spacial score (nSPS) is 20.2. The highest BCUT2D eigenvalue weighted by Crippen LogP contribution is 2.34. The number of nitrogens with one attached hydrogen (secondary N) is 2. The molecule has 0 aromatic heterocycles. The molecular weight excluding hydrogens is 346 g/mol. The minimum absolute atomic E-state index is 0.271. The van der Waals surface area contributed by atoms with Gasteiger partial charge in [0.25, 0.3) is 0 Å². The van der Waals surface area contributed by atoms with Crippen molar-refractivity contribution in [2.75, 3.05) is 32.8 Å². The first-order valence-corrected chi connectivity index (χ1v) is 9.55. The van der Waals surface area contributed by atoms with E-state index in [4.69, 9.17) is 9.47 Å². The van der Waals surface area contributed by atoms with Crippen molar-refractivity contribution in [2.24, 2.45) is 0 Å².